The van der Waals surface area contributed by atoms with E-state index < -0.39 is 17.8 Å². The third-order valence-corrected chi connectivity index (χ3v) is 5.45. The van der Waals surface area contributed by atoms with Crippen molar-refractivity contribution >= 4 is 34.8 Å². The van der Waals surface area contributed by atoms with Gasteiger partial charge in [0, 0.05) is 36.3 Å². The highest BCUT2D eigenvalue weighted by molar-refractivity contribution is 6.31. The molecule has 2 aliphatic rings. The molecule has 1 aromatic carbocycles. The fraction of sp³-hybridized carbons (Fsp3) is 0.318. The van der Waals surface area contributed by atoms with Crippen LogP contribution < -0.4 is 5.32 Å². The Balaban J connectivity index is 1.61. The summed E-state index contributed by atoms with van der Waals surface area (Å²) < 4.78 is 1.95. The number of aryl methyl sites for hydroxylation is 1. The largest absolute Gasteiger partial charge is 0.350 e. The first-order valence-corrected chi connectivity index (χ1v) is 9.65. The van der Waals surface area contributed by atoms with Gasteiger partial charge in [-0.2, -0.15) is 0 Å². The van der Waals surface area contributed by atoms with Gasteiger partial charge in [0.15, 0.2) is 0 Å². The fourth-order valence-corrected chi connectivity index (χ4v) is 3.93. The number of benzene rings is 1. The predicted octanol–water partition coefficient (Wildman–Crippen LogP) is 3.53. The lowest BCUT2D eigenvalue weighted by Gasteiger charge is -2.27. The quantitative estimate of drug-likeness (QED) is 0.503. The highest BCUT2D eigenvalue weighted by Gasteiger charge is 2.35. The van der Waals surface area contributed by atoms with Crippen LogP contribution in [0.5, 0.6) is 0 Å². The number of nitrogens with one attached hydrogen (secondary N) is 1. The van der Waals surface area contributed by atoms with Crippen molar-refractivity contribution in [1.29, 1.82) is 0 Å². The molecule has 28 heavy (non-hydrogen) atoms. The van der Waals surface area contributed by atoms with Crippen LogP contribution in [0.25, 0.3) is 17.0 Å². The van der Waals surface area contributed by atoms with Crippen LogP contribution in [0.15, 0.2) is 47.7 Å². The van der Waals surface area contributed by atoms with E-state index in [1.807, 2.05) is 42.1 Å². The number of rotatable bonds is 4. The minimum absolute atomic E-state index is 0.00595. The van der Waals surface area contributed by atoms with Crippen LogP contribution in [-0.4, -0.2) is 33.9 Å². The van der Waals surface area contributed by atoms with E-state index in [2.05, 4.69) is 11.4 Å². The number of carbonyl (C=O) groups is 3. The van der Waals surface area contributed by atoms with Crippen molar-refractivity contribution in [1.82, 2.24) is 14.8 Å². The number of allylic oxidation sites excluding steroid dienone is 1. The maximum atomic E-state index is 12.9. The SMILES string of the molecule is Cn1cc(/C=C2/C(=O)NC(=O)N(CCC3=CCCCC3)C2=O)c2ccccc21. The number of fused-ring (bicyclic) bond motifs is 1. The summed E-state index contributed by atoms with van der Waals surface area (Å²) in [6.07, 6.45) is 10.7. The Morgan fingerprint density at radius 2 is 1.96 bits per heavy atom. The summed E-state index contributed by atoms with van der Waals surface area (Å²) in [4.78, 5) is 38.6. The average Bonchev–Trinajstić information content (AvgIpc) is 3.02. The molecule has 4 rings (SSSR count). The highest BCUT2D eigenvalue weighted by atomic mass is 16.2. The third kappa shape index (κ3) is 3.38. The standard InChI is InChI=1S/C22H23N3O3/c1-24-14-16(17-9-5-6-10-19(17)24)13-18-20(26)23-22(28)25(21(18)27)12-11-15-7-3-2-4-8-15/h5-7,9-10,13-14H,2-4,8,11-12H2,1H3,(H,23,26,28)/b18-13-. The number of hydrogen-bond acceptors (Lipinski definition) is 3. The van der Waals surface area contributed by atoms with Gasteiger partial charge < -0.3 is 4.57 Å². The molecule has 1 fully saturated rings. The molecule has 1 aliphatic carbocycles. The molecular weight excluding hydrogens is 354 g/mol. The van der Waals surface area contributed by atoms with Crippen LogP contribution in [0.3, 0.4) is 0 Å². The van der Waals surface area contributed by atoms with Crippen molar-refractivity contribution in [3.63, 3.8) is 0 Å². The second kappa shape index (κ2) is 7.46. The van der Waals surface area contributed by atoms with E-state index in [0.717, 1.165) is 40.6 Å². The molecular formula is C22H23N3O3. The average molecular weight is 377 g/mol. The van der Waals surface area contributed by atoms with Gasteiger partial charge in [0.1, 0.15) is 5.57 Å². The van der Waals surface area contributed by atoms with Gasteiger partial charge in [-0.1, -0.05) is 29.8 Å². The van der Waals surface area contributed by atoms with E-state index in [1.165, 1.54) is 12.0 Å². The monoisotopic (exact) mass is 377 g/mol. The molecule has 1 aliphatic heterocycles. The number of hydrogen-bond donors (Lipinski definition) is 1. The minimum Gasteiger partial charge on any atom is -0.350 e. The number of nitrogens with zero attached hydrogens (tertiary/aromatic N) is 2. The Bertz CT molecular complexity index is 1030. The second-order valence-electron chi connectivity index (χ2n) is 7.34. The number of barbiturate groups is 1. The molecule has 6 heteroatoms. The third-order valence-electron chi connectivity index (χ3n) is 5.45. The first kappa shape index (κ1) is 18.2. The summed E-state index contributed by atoms with van der Waals surface area (Å²) in [6.45, 7) is 0.288. The van der Waals surface area contributed by atoms with Gasteiger partial charge in [-0.25, -0.2) is 4.79 Å². The Labute approximate surface area is 163 Å². The minimum atomic E-state index is -0.643. The summed E-state index contributed by atoms with van der Waals surface area (Å²) in [5.41, 5.74) is 3.06. The number of amides is 4. The van der Waals surface area contributed by atoms with Crippen molar-refractivity contribution < 1.29 is 14.4 Å². The zero-order valence-electron chi connectivity index (χ0n) is 15.9. The van der Waals surface area contributed by atoms with Gasteiger partial charge >= 0.3 is 6.03 Å². The van der Waals surface area contributed by atoms with Gasteiger partial charge in [0.25, 0.3) is 11.8 Å². The van der Waals surface area contributed by atoms with Crippen LogP contribution in [0.2, 0.25) is 0 Å². The lowest BCUT2D eigenvalue weighted by atomic mass is 9.97. The lowest BCUT2D eigenvalue weighted by Crippen LogP contribution is -2.54. The van der Waals surface area contributed by atoms with E-state index in [9.17, 15) is 14.4 Å². The number of urea groups is 1. The van der Waals surface area contributed by atoms with Gasteiger partial charge in [0.05, 0.1) is 0 Å². The van der Waals surface area contributed by atoms with E-state index in [4.69, 9.17) is 0 Å². The van der Waals surface area contributed by atoms with E-state index in [-0.39, 0.29) is 12.1 Å². The molecule has 0 bridgehead atoms. The van der Waals surface area contributed by atoms with E-state index in [1.54, 1.807) is 6.08 Å². The van der Waals surface area contributed by atoms with Crippen molar-refractivity contribution in [2.45, 2.75) is 32.1 Å². The summed E-state index contributed by atoms with van der Waals surface area (Å²) in [5.74, 6) is -1.17. The number of para-hydroxylation sites is 1. The van der Waals surface area contributed by atoms with Crippen molar-refractivity contribution in [2.24, 2.45) is 7.05 Å². The van der Waals surface area contributed by atoms with E-state index in [0.29, 0.717) is 6.42 Å². The van der Waals surface area contributed by atoms with Crippen molar-refractivity contribution in [2.75, 3.05) is 6.54 Å². The van der Waals surface area contributed by atoms with Gasteiger partial charge in [-0.15, -0.1) is 0 Å². The molecule has 1 saturated heterocycles. The first-order chi connectivity index (χ1) is 13.5. The maximum absolute atomic E-state index is 12.9. The summed E-state index contributed by atoms with van der Waals surface area (Å²) >= 11 is 0. The number of carbonyl (C=O) groups excluding carboxylic acids is 3. The van der Waals surface area contributed by atoms with Gasteiger partial charge in [-0.05, 0) is 44.2 Å². The fourth-order valence-electron chi connectivity index (χ4n) is 3.93. The molecule has 0 atom stereocenters. The molecule has 1 aromatic heterocycles. The van der Waals surface area contributed by atoms with Crippen LogP contribution in [0.1, 0.15) is 37.7 Å². The van der Waals surface area contributed by atoms with E-state index >= 15 is 0 Å². The predicted molar refractivity (Wildman–Crippen MR) is 107 cm³/mol. The zero-order valence-corrected chi connectivity index (χ0v) is 15.9. The molecule has 1 N–H and O–H groups in total. The molecule has 0 spiro atoms. The molecule has 0 radical (unpaired) electrons. The van der Waals surface area contributed by atoms with Crippen molar-refractivity contribution in [3.8, 4) is 0 Å². The zero-order chi connectivity index (χ0) is 19.7. The van der Waals surface area contributed by atoms with Crippen LogP contribution in [0, 0.1) is 0 Å². The highest BCUT2D eigenvalue weighted by Crippen LogP contribution is 2.25. The molecule has 4 amide bonds. The number of imide groups is 2. The Kier molecular flexibility index (Phi) is 4.86. The topological polar surface area (TPSA) is 71.4 Å². The molecule has 144 valence electrons. The molecule has 2 aromatic rings. The van der Waals surface area contributed by atoms with Crippen LogP contribution in [0.4, 0.5) is 4.79 Å². The Hall–Kier alpha value is -3.15. The molecule has 0 saturated carbocycles. The molecule has 2 heterocycles. The smallest absolute Gasteiger partial charge is 0.331 e. The normalized spacial score (nSPS) is 19.3. The lowest BCUT2D eigenvalue weighted by molar-refractivity contribution is -0.130. The number of aromatic nitrogens is 1. The van der Waals surface area contributed by atoms with Crippen LogP contribution >= 0.6 is 0 Å². The Morgan fingerprint density at radius 1 is 1.14 bits per heavy atom. The summed E-state index contributed by atoms with van der Waals surface area (Å²) in [6, 6.07) is 7.15. The van der Waals surface area contributed by atoms with Crippen molar-refractivity contribution in [3.05, 3.63) is 53.2 Å². The second-order valence-corrected chi connectivity index (χ2v) is 7.34. The maximum Gasteiger partial charge on any atom is 0.331 e. The van der Waals surface area contributed by atoms with Gasteiger partial charge in [-0.3, -0.25) is 19.8 Å². The summed E-state index contributed by atoms with van der Waals surface area (Å²) in [7, 11) is 1.92. The molecule has 6 nitrogen and oxygen atoms in total. The Morgan fingerprint density at radius 3 is 2.75 bits per heavy atom. The van der Waals surface area contributed by atoms with Crippen LogP contribution in [-0.2, 0) is 16.6 Å². The summed E-state index contributed by atoms with van der Waals surface area (Å²) in [5, 5.41) is 3.26. The first-order valence-electron chi connectivity index (χ1n) is 9.65. The van der Waals surface area contributed by atoms with Gasteiger partial charge in [0.2, 0.25) is 0 Å². The molecule has 0 unspecified atom stereocenters.